The fourth-order valence-electron chi connectivity index (χ4n) is 7.19. The van der Waals surface area contributed by atoms with Gasteiger partial charge >= 0.3 is 17.9 Å². The molecule has 0 rings (SSSR count). The number of carbonyl (C=O) groups excluding carboxylic acids is 3. The summed E-state index contributed by atoms with van der Waals surface area (Å²) in [5.74, 6) is -0.910. The van der Waals surface area contributed by atoms with Crippen LogP contribution in [0.5, 0.6) is 0 Å². The number of esters is 3. The Kier molecular flexibility index (Phi) is 46.9. The second-order valence-corrected chi connectivity index (χ2v) is 17.1. The molecule has 0 aromatic rings. The van der Waals surface area contributed by atoms with Gasteiger partial charge in [0.25, 0.3) is 0 Å². The summed E-state index contributed by atoms with van der Waals surface area (Å²) in [6, 6.07) is 0. The van der Waals surface area contributed by atoms with Crippen LogP contribution in [0, 0.1) is 0 Å². The maximum Gasteiger partial charge on any atom is 0.306 e. The molecular weight excluding hydrogens is 745 g/mol. The molecule has 0 aliphatic carbocycles. The average Bonchev–Trinajstić information content (AvgIpc) is 3.24. The summed E-state index contributed by atoms with van der Waals surface area (Å²) in [5, 5.41) is 0. The fourth-order valence-corrected chi connectivity index (χ4v) is 7.19. The first-order chi connectivity index (χ1) is 29.5. The molecule has 348 valence electrons. The smallest absolute Gasteiger partial charge is 0.306 e. The minimum absolute atomic E-state index is 0.0840. The third kappa shape index (κ3) is 46.4. The van der Waals surface area contributed by atoms with E-state index in [-0.39, 0.29) is 31.1 Å². The van der Waals surface area contributed by atoms with Crippen LogP contribution in [0.1, 0.15) is 258 Å². The predicted octanol–water partition coefficient (Wildman–Crippen LogP) is 16.7. The Labute approximate surface area is 371 Å². The van der Waals surface area contributed by atoms with Gasteiger partial charge in [-0.05, 0) is 64.2 Å². The molecule has 0 bridgehead atoms. The SMILES string of the molecule is CCCC/C=C\CCCCCCC(=O)OCC(COC(=O)CCCCCCC\C=C/C=C\C=C/CCCCCCC)OC(=O)CCCCCCCCCCCCCCCC. The first-order valence-corrected chi connectivity index (χ1v) is 25.7. The minimum atomic E-state index is -0.782. The van der Waals surface area contributed by atoms with E-state index in [0.29, 0.717) is 19.3 Å². The van der Waals surface area contributed by atoms with Crippen LogP contribution in [0.3, 0.4) is 0 Å². The number of allylic oxidation sites excluding steroid dienone is 8. The topological polar surface area (TPSA) is 78.9 Å². The molecule has 0 aliphatic heterocycles. The zero-order chi connectivity index (χ0) is 43.7. The average molecular weight is 841 g/mol. The lowest BCUT2D eigenvalue weighted by Crippen LogP contribution is -2.30. The van der Waals surface area contributed by atoms with Gasteiger partial charge in [0.1, 0.15) is 13.2 Å². The number of ether oxygens (including phenoxy) is 3. The second-order valence-electron chi connectivity index (χ2n) is 17.1. The van der Waals surface area contributed by atoms with Crippen molar-refractivity contribution >= 4 is 17.9 Å². The zero-order valence-electron chi connectivity index (χ0n) is 39.7. The Morgan fingerprint density at radius 2 is 0.633 bits per heavy atom. The molecule has 0 aromatic carbocycles. The van der Waals surface area contributed by atoms with E-state index in [0.717, 1.165) is 96.3 Å². The molecule has 0 saturated carbocycles. The summed E-state index contributed by atoms with van der Waals surface area (Å²) in [6.07, 6.45) is 58.1. The highest BCUT2D eigenvalue weighted by Crippen LogP contribution is 2.15. The van der Waals surface area contributed by atoms with E-state index < -0.39 is 6.10 Å². The Morgan fingerprint density at radius 1 is 0.333 bits per heavy atom. The molecule has 0 aliphatic rings. The van der Waals surface area contributed by atoms with Crippen molar-refractivity contribution in [3.8, 4) is 0 Å². The van der Waals surface area contributed by atoms with Crippen molar-refractivity contribution < 1.29 is 28.6 Å². The molecule has 0 amide bonds. The molecule has 0 fully saturated rings. The number of carbonyl (C=O) groups is 3. The molecule has 0 heterocycles. The highest BCUT2D eigenvalue weighted by atomic mass is 16.6. The van der Waals surface area contributed by atoms with Gasteiger partial charge in [0.15, 0.2) is 6.10 Å². The molecule has 60 heavy (non-hydrogen) atoms. The van der Waals surface area contributed by atoms with Crippen LogP contribution in [0.2, 0.25) is 0 Å². The van der Waals surface area contributed by atoms with Crippen molar-refractivity contribution in [1.29, 1.82) is 0 Å². The van der Waals surface area contributed by atoms with Gasteiger partial charge in [0.2, 0.25) is 0 Å². The molecule has 1 atom stereocenters. The van der Waals surface area contributed by atoms with Crippen molar-refractivity contribution in [2.24, 2.45) is 0 Å². The van der Waals surface area contributed by atoms with Crippen LogP contribution in [0.15, 0.2) is 48.6 Å². The summed E-state index contributed by atoms with van der Waals surface area (Å²) in [4.78, 5) is 37.9. The van der Waals surface area contributed by atoms with E-state index >= 15 is 0 Å². The first kappa shape index (κ1) is 57.4. The maximum atomic E-state index is 12.8. The van der Waals surface area contributed by atoms with E-state index in [4.69, 9.17) is 14.2 Å². The molecular formula is C54H96O6. The Morgan fingerprint density at radius 3 is 1.02 bits per heavy atom. The number of unbranched alkanes of at least 4 members (excludes halogenated alkanes) is 29. The highest BCUT2D eigenvalue weighted by Gasteiger charge is 2.19. The van der Waals surface area contributed by atoms with Gasteiger partial charge in [-0.25, -0.2) is 0 Å². The largest absolute Gasteiger partial charge is 0.462 e. The summed E-state index contributed by atoms with van der Waals surface area (Å²) in [6.45, 7) is 6.56. The molecule has 1 unspecified atom stereocenters. The lowest BCUT2D eigenvalue weighted by molar-refractivity contribution is -0.167. The molecule has 6 nitrogen and oxygen atoms in total. The van der Waals surface area contributed by atoms with Crippen LogP contribution in [-0.4, -0.2) is 37.2 Å². The zero-order valence-corrected chi connectivity index (χ0v) is 39.7. The van der Waals surface area contributed by atoms with Crippen molar-refractivity contribution in [2.45, 2.75) is 264 Å². The van der Waals surface area contributed by atoms with Crippen LogP contribution in [0.4, 0.5) is 0 Å². The minimum Gasteiger partial charge on any atom is -0.462 e. The third-order valence-corrected chi connectivity index (χ3v) is 11.1. The van der Waals surface area contributed by atoms with Crippen LogP contribution >= 0.6 is 0 Å². The number of hydrogen-bond donors (Lipinski definition) is 0. The van der Waals surface area contributed by atoms with Crippen molar-refractivity contribution in [1.82, 2.24) is 0 Å². The van der Waals surface area contributed by atoms with Gasteiger partial charge in [0.05, 0.1) is 0 Å². The molecule has 0 saturated heterocycles. The van der Waals surface area contributed by atoms with E-state index in [1.54, 1.807) is 0 Å². The second kappa shape index (κ2) is 49.0. The van der Waals surface area contributed by atoms with Gasteiger partial charge in [-0.2, -0.15) is 0 Å². The molecule has 6 heteroatoms. The van der Waals surface area contributed by atoms with Crippen molar-refractivity contribution in [2.75, 3.05) is 13.2 Å². The quantitative estimate of drug-likeness (QED) is 0.0200. The molecule has 0 spiro atoms. The van der Waals surface area contributed by atoms with E-state index in [1.807, 2.05) is 0 Å². The first-order valence-electron chi connectivity index (χ1n) is 25.7. The van der Waals surface area contributed by atoms with Crippen molar-refractivity contribution in [3.63, 3.8) is 0 Å². The van der Waals surface area contributed by atoms with Gasteiger partial charge in [-0.15, -0.1) is 0 Å². The summed E-state index contributed by atoms with van der Waals surface area (Å²) >= 11 is 0. The summed E-state index contributed by atoms with van der Waals surface area (Å²) in [5.41, 5.74) is 0. The standard InChI is InChI=1S/C54H96O6/c1-4-7-10-13-16-19-22-24-26-27-28-29-31-32-35-38-41-44-47-53(56)59-50-51(49-58-52(55)46-43-40-37-34-21-18-15-12-9-6-3)60-54(57)48-45-42-39-36-33-30-25-23-20-17-14-11-8-5-2/h15,18,22,24,26-29,51H,4-14,16-17,19-21,23,25,30-50H2,1-3H3/b18-15-,24-22-,27-26-,29-28-. The summed E-state index contributed by atoms with van der Waals surface area (Å²) in [7, 11) is 0. The number of hydrogen-bond acceptors (Lipinski definition) is 6. The van der Waals surface area contributed by atoms with E-state index in [1.165, 1.54) is 122 Å². The fraction of sp³-hybridized carbons (Fsp3) is 0.796. The molecule has 0 radical (unpaired) electrons. The van der Waals surface area contributed by atoms with Gasteiger partial charge < -0.3 is 14.2 Å². The third-order valence-electron chi connectivity index (χ3n) is 11.1. The van der Waals surface area contributed by atoms with Crippen LogP contribution in [0.25, 0.3) is 0 Å². The Bertz CT molecular complexity index is 1060. The summed E-state index contributed by atoms with van der Waals surface area (Å²) < 4.78 is 16.7. The van der Waals surface area contributed by atoms with Crippen LogP contribution < -0.4 is 0 Å². The monoisotopic (exact) mass is 841 g/mol. The maximum absolute atomic E-state index is 12.8. The molecule has 0 N–H and O–H groups in total. The van der Waals surface area contributed by atoms with E-state index in [9.17, 15) is 14.4 Å². The van der Waals surface area contributed by atoms with Gasteiger partial charge in [0, 0.05) is 19.3 Å². The van der Waals surface area contributed by atoms with Crippen LogP contribution in [-0.2, 0) is 28.6 Å². The van der Waals surface area contributed by atoms with Crippen molar-refractivity contribution in [3.05, 3.63) is 48.6 Å². The van der Waals surface area contributed by atoms with E-state index in [2.05, 4.69) is 69.4 Å². The Hall–Kier alpha value is -2.63. The van der Waals surface area contributed by atoms with Gasteiger partial charge in [-0.3, -0.25) is 14.4 Å². The lowest BCUT2D eigenvalue weighted by Gasteiger charge is -2.18. The predicted molar refractivity (Wildman–Crippen MR) is 256 cm³/mol. The lowest BCUT2D eigenvalue weighted by atomic mass is 10.0. The molecule has 0 aromatic heterocycles. The number of rotatable bonds is 46. The highest BCUT2D eigenvalue weighted by molar-refractivity contribution is 5.71. The normalized spacial score (nSPS) is 12.4. The Balaban J connectivity index is 4.37. The van der Waals surface area contributed by atoms with Gasteiger partial charge in [-0.1, -0.05) is 223 Å².